The van der Waals surface area contributed by atoms with E-state index in [1.54, 1.807) is 5.56 Å². The molecule has 0 fully saturated rings. The fraction of sp³-hybridized carbons (Fsp3) is 0.667. The molecular weight excluding hydrogens is 430 g/mol. The Hall–Kier alpha value is -0.265. The predicted molar refractivity (Wildman–Crippen MR) is 92.3 cm³/mol. The fourth-order valence-corrected chi connectivity index (χ4v) is 3.22. The van der Waals surface area contributed by atoms with Crippen LogP contribution in [0, 0.1) is 3.57 Å². The monoisotopic (exact) mass is 460 g/mol. The molecule has 1 rings (SSSR count). The summed E-state index contributed by atoms with van der Waals surface area (Å²) in [6.45, 7) is 2.29. The smallest absolute Gasteiger partial charge is 0.418 e. The average Bonchev–Trinajstić information content (AvgIpc) is 2.49. The van der Waals surface area contributed by atoms with Crippen LogP contribution in [0.1, 0.15) is 76.7 Å². The summed E-state index contributed by atoms with van der Waals surface area (Å²) < 4.78 is 40.5. The number of halogens is 5. The Morgan fingerprint density at radius 2 is 1.17 bits per heavy atom. The summed E-state index contributed by atoms with van der Waals surface area (Å²) in [6.07, 6.45) is 15.5. The minimum atomic E-state index is -6.00. The molecule has 1 aromatic rings. The second-order valence-corrected chi connectivity index (χ2v) is 7.29. The van der Waals surface area contributed by atoms with Crippen LogP contribution in [-0.2, 0) is 6.42 Å². The van der Waals surface area contributed by atoms with Crippen molar-refractivity contribution in [2.24, 2.45) is 0 Å². The first kappa shape index (κ1) is 23.7. The molecule has 0 aliphatic heterocycles. The summed E-state index contributed by atoms with van der Waals surface area (Å²) in [4.78, 5) is 0. The van der Waals surface area contributed by atoms with Gasteiger partial charge in [-0.25, -0.2) is 0 Å². The topological polar surface area (TPSA) is 0 Å². The molecule has 0 radical (unpaired) electrons. The molecule has 0 atom stereocenters. The highest BCUT2D eigenvalue weighted by Gasteiger charge is 2.20. The molecule has 0 nitrogen and oxygen atoms in total. The van der Waals surface area contributed by atoms with Gasteiger partial charge in [-0.2, -0.15) is 0 Å². The van der Waals surface area contributed by atoms with E-state index in [4.69, 9.17) is 0 Å². The van der Waals surface area contributed by atoms with Gasteiger partial charge in [0.1, 0.15) is 0 Å². The Morgan fingerprint density at radius 1 is 0.750 bits per heavy atom. The Labute approximate surface area is 158 Å². The molecule has 0 spiro atoms. The van der Waals surface area contributed by atoms with Crippen LogP contribution in [0.2, 0.25) is 0 Å². The third-order valence-electron chi connectivity index (χ3n) is 3.77. The fourth-order valence-electron chi connectivity index (χ4n) is 2.51. The first-order valence-electron chi connectivity index (χ1n) is 8.97. The number of unbranched alkanes of at least 4 members (excludes halogenated alkanes) is 9. The molecule has 0 aromatic heterocycles. The number of hydrogen-bond acceptors (Lipinski definition) is 0. The van der Waals surface area contributed by atoms with Gasteiger partial charge in [0.2, 0.25) is 0 Å². The van der Waals surface area contributed by atoms with Gasteiger partial charge in [-0.05, 0) is 18.9 Å². The molecule has 6 heteroatoms. The summed E-state index contributed by atoms with van der Waals surface area (Å²) >= 11 is 2.15. The van der Waals surface area contributed by atoms with Gasteiger partial charge in [-0.1, -0.05) is 82.9 Å². The van der Waals surface area contributed by atoms with Crippen molar-refractivity contribution in [2.75, 3.05) is 0 Å². The quantitative estimate of drug-likeness (QED) is 0.204. The van der Waals surface area contributed by atoms with Crippen LogP contribution in [0.3, 0.4) is 0 Å². The first-order valence-corrected chi connectivity index (χ1v) is 10.1. The zero-order valence-corrected chi connectivity index (χ0v) is 16.9. The maximum absolute atomic E-state index is 9.75. The predicted octanol–water partition coefficient (Wildman–Crippen LogP) is 3.91. The number of aryl methyl sites for hydroxylation is 1. The molecule has 0 N–H and O–H groups in total. The van der Waals surface area contributed by atoms with Crippen molar-refractivity contribution < 1.29 is 39.9 Å². The summed E-state index contributed by atoms with van der Waals surface area (Å²) in [6, 6.07) is 8.82. The van der Waals surface area contributed by atoms with Crippen molar-refractivity contribution >= 4 is 7.25 Å². The molecule has 0 amide bonds. The first-order chi connectivity index (χ1) is 11.3. The van der Waals surface area contributed by atoms with Crippen LogP contribution in [0.5, 0.6) is 0 Å². The van der Waals surface area contributed by atoms with E-state index in [2.05, 4.69) is 53.8 Å². The largest absolute Gasteiger partial charge is 0.673 e. The minimum absolute atomic E-state index is 1.27. The van der Waals surface area contributed by atoms with E-state index in [1.807, 2.05) is 0 Å². The van der Waals surface area contributed by atoms with Crippen LogP contribution in [0.25, 0.3) is 0 Å². The second-order valence-electron chi connectivity index (χ2n) is 6.03. The molecule has 140 valence electrons. The summed E-state index contributed by atoms with van der Waals surface area (Å²) in [5.74, 6) is 0. The molecule has 0 bridgehead atoms. The summed E-state index contributed by atoms with van der Waals surface area (Å²) in [7, 11) is -6.00. The van der Waals surface area contributed by atoms with Crippen molar-refractivity contribution in [2.45, 2.75) is 77.6 Å². The molecule has 1 aromatic carbocycles. The summed E-state index contributed by atoms with van der Waals surface area (Å²) in [5, 5.41) is 0. The van der Waals surface area contributed by atoms with Crippen molar-refractivity contribution in [3.05, 3.63) is 33.4 Å². The van der Waals surface area contributed by atoms with Gasteiger partial charge in [0.05, 0.1) is 0 Å². The Balaban J connectivity index is 0.000000922. The normalized spacial score (nSPS) is 11.1. The lowest BCUT2D eigenvalue weighted by molar-refractivity contribution is -0.329. The van der Waals surface area contributed by atoms with Crippen LogP contribution < -0.4 is 22.6 Å². The minimum Gasteiger partial charge on any atom is -0.418 e. The highest BCUT2D eigenvalue weighted by molar-refractivity contribution is 6.50. The van der Waals surface area contributed by atoms with E-state index in [9.17, 15) is 17.3 Å². The molecule has 0 saturated carbocycles. The van der Waals surface area contributed by atoms with Crippen LogP contribution in [-0.4, -0.2) is 7.25 Å². The second kappa shape index (κ2) is 15.0. The van der Waals surface area contributed by atoms with Crippen LogP contribution >= 0.6 is 0 Å². The highest BCUT2D eigenvalue weighted by Crippen LogP contribution is 2.12. The maximum atomic E-state index is 9.75. The maximum Gasteiger partial charge on any atom is 0.673 e. The highest BCUT2D eigenvalue weighted by atomic mass is 127. The number of benzene rings is 1. The Kier molecular flexibility index (Phi) is 14.9. The SMILES string of the molecule is CCCCCCCCCCCCc1ccccc1[IH+].F[B-](F)(F)F. The van der Waals surface area contributed by atoms with E-state index in [0.29, 0.717) is 0 Å². The third kappa shape index (κ3) is 18.1. The lowest BCUT2D eigenvalue weighted by Crippen LogP contribution is -3.34. The zero-order chi connectivity index (χ0) is 18.3. The van der Waals surface area contributed by atoms with E-state index < -0.39 is 7.25 Å². The van der Waals surface area contributed by atoms with Crippen LogP contribution in [0.4, 0.5) is 17.3 Å². The van der Waals surface area contributed by atoms with Gasteiger partial charge >= 0.3 is 7.25 Å². The Bertz CT molecular complexity index is 404. The number of rotatable bonds is 11. The molecular formula is C18H30BF4I. The van der Waals surface area contributed by atoms with Gasteiger partial charge in [-0.3, -0.25) is 0 Å². The van der Waals surface area contributed by atoms with Crippen molar-refractivity contribution in [3.8, 4) is 0 Å². The van der Waals surface area contributed by atoms with Gasteiger partial charge in [0, 0.05) is 5.56 Å². The van der Waals surface area contributed by atoms with Crippen molar-refractivity contribution in [1.29, 1.82) is 0 Å². The Morgan fingerprint density at radius 3 is 1.62 bits per heavy atom. The average molecular weight is 460 g/mol. The molecule has 24 heavy (non-hydrogen) atoms. The molecule has 0 aliphatic rings. The summed E-state index contributed by atoms with van der Waals surface area (Å²) in [5.41, 5.74) is 1.55. The molecule has 0 unspecified atom stereocenters. The van der Waals surface area contributed by atoms with Crippen molar-refractivity contribution in [3.63, 3.8) is 0 Å². The lowest BCUT2D eigenvalue weighted by Gasteiger charge is -2.02. The van der Waals surface area contributed by atoms with Gasteiger partial charge in [0.15, 0.2) is 3.57 Å². The van der Waals surface area contributed by atoms with E-state index in [-0.39, 0.29) is 0 Å². The number of hydrogen-bond donors (Lipinski definition) is 0. The molecule has 0 saturated heterocycles. The van der Waals surface area contributed by atoms with Gasteiger partial charge < -0.3 is 17.3 Å². The van der Waals surface area contributed by atoms with Gasteiger partial charge in [-0.15, -0.1) is 0 Å². The van der Waals surface area contributed by atoms with E-state index in [1.165, 1.54) is 74.2 Å². The zero-order valence-electron chi connectivity index (χ0n) is 14.6. The van der Waals surface area contributed by atoms with E-state index in [0.717, 1.165) is 0 Å². The third-order valence-corrected chi connectivity index (χ3v) is 4.91. The molecule has 0 heterocycles. The van der Waals surface area contributed by atoms with Crippen LogP contribution in [0.15, 0.2) is 24.3 Å². The van der Waals surface area contributed by atoms with E-state index >= 15 is 0 Å². The van der Waals surface area contributed by atoms with Gasteiger partial charge in [0.25, 0.3) is 22.6 Å². The molecule has 0 aliphatic carbocycles. The van der Waals surface area contributed by atoms with Crippen molar-refractivity contribution in [1.82, 2.24) is 0 Å². The lowest BCUT2D eigenvalue weighted by atomic mass is 10.0. The standard InChI is InChI=1S/C18H30I.BF4/c1-2-3-4-5-6-7-8-9-10-11-14-17-15-12-13-16-18(17)19;2-1(3,4)5/h12-13,15-16,19H,2-11,14H2,1H3;/q+1;-1.